The summed E-state index contributed by atoms with van der Waals surface area (Å²) in [5, 5.41) is 15.7. The second-order valence-corrected chi connectivity index (χ2v) is 10.3. The molecule has 7 nitrogen and oxygen atoms in total. The lowest BCUT2D eigenvalue weighted by Crippen LogP contribution is -2.30. The van der Waals surface area contributed by atoms with E-state index in [1.807, 2.05) is 24.3 Å². The molecule has 0 saturated carbocycles. The molecule has 0 saturated heterocycles. The fourth-order valence-electron chi connectivity index (χ4n) is 3.93. The number of fused-ring (bicyclic) bond motifs is 1. The first-order valence-electron chi connectivity index (χ1n) is 10.1. The summed E-state index contributed by atoms with van der Waals surface area (Å²) < 4.78 is 35.5. The number of benzene rings is 2. The monoisotopic (exact) mass is 495 g/mol. The highest BCUT2D eigenvalue weighted by Crippen LogP contribution is 2.34. The zero-order valence-electron chi connectivity index (χ0n) is 17.6. The predicted octanol–water partition coefficient (Wildman–Crippen LogP) is 4.00. The summed E-state index contributed by atoms with van der Waals surface area (Å²) in [6.07, 6.45) is -0.256. The van der Waals surface area contributed by atoms with E-state index < -0.39 is 16.1 Å². The molecule has 2 heterocycles. The molecular weight excluding hydrogens is 473 g/mol. The maximum atomic E-state index is 13.5. The van der Waals surface area contributed by atoms with Crippen LogP contribution < -0.4 is 9.04 Å². The summed E-state index contributed by atoms with van der Waals surface area (Å²) in [5.74, 6) is 0.402. The van der Waals surface area contributed by atoms with Crippen LogP contribution >= 0.6 is 23.2 Å². The standard InChI is InChI=1S/C22H23Cl2N3O4S/c1-14-22(32(29,30)27-10-9-16-5-3-4-6-20(16)27)15(2)26(25-14)12-18(28)13-31-21-8-7-17(23)11-19(21)24/h3-8,11,18,28H,9-10,12-13H2,1-2H3. The Kier molecular flexibility index (Phi) is 6.40. The van der Waals surface area contributed by atoms with Crippen LogP contribution in [0.1, 0.15) is 17.0 Å². The Labute approximate surface area is 197 Å². The van der Waals surface area contributed by atoms with Crippen LogP contribution in [0.4, 0.5) is 5.69 Å². The zero-order valence-corrected chi connectivity index (χ0v) is 20.0. The van der Waals surface area contributed by atoms with Crippen LogP contribution in [0, 0.1) is 13.8 Å². The van der Waals surface area contributed by atoms with Gasteiger partial charge in [0.2, 0.25) is 0 Å². The molecule has 1 aromatic heterocycles. The third kappa shape index (κ3) is 4.32. The van der Waals surface area contributed by atoms with Gasteiger partial charge in [0.05, 0.1) is 28.6 Å². The van der Waals surface area contributed by atoms with Crippen LogP contribution in [0.25, 0.3) is 0 Å². The summed E-state index contributed by atoms with van der Waals surface area (Å²) in [6.45, 7) is 3.78. The van der Waals surface area contributed by atoms with Gasteiger partial charge in [-0.15, -0.1) is 0 Å². The molecule has 3 aromatic rings. The minimum Gasteiger partial charge on any atom is -0.489 e. The van der Waals surface area contributed by atoms with Gasteiger partial charge in [-0.3, -0.25) is 8.99 Å². The average molecular weight is 496 g/mol. The molecular formula is C22H23Cl2N3O4S. The molecule has 0 radical (unpaired) electrons. The van der Waals surface area contributed by atoms with Gasteiger partial charge in [0, 0.05) is 11.6 Å². The number of aliphatic hydroxyl groups is 1. The Morgan fingerprint density at radius 3 is 2.69 bits per heavy atom. The van der Waals surface area contributed by atoms with E-state index in [0.29, 0.717) is 45.8 Å². The van der Waals surface area contributed by atoms with Gasteiger partial charge < -0.3 is 9.84 Å². The number of para-hydroxylation sites is 1. The molecule has 4 rings (SSSR count). The minimum atomic E-state index is -3.79. The highest BCUT2D eigenvalue weighted by molar-refractivity contribution is 7.93. The van der Waals surface area contributed by atoms with E-state index in [4.69, 9.17) is 27.9 Å². The number of hydrogen-bond donors (Lipinski definition) is 1. The Hall–Kier alpha value is -2.26. The smallest absolute Gasteiger partial charge is 0.268 e. The van der Waals surface area contributed by atoms with Gasteiger partial charge in [0.15, 0.2) is 0 Å². The van der Waals surface area contributed by atoms with E-state index in [-0.39, 0.29) is 18.0 Å². The number of aliphatic hydroxyl groups excluding tert-OH is 1. The normalized spacial score (nSPS) is 14.5. The third-order valence-electron chi connectivity index (χ3n) is 5.42. The van der Waals surface area contributed by atoms with E-state index in [0.717, 1.165) is 5.56 Å². The Balaban J connectivity index is 1.52. The summed E-state index contributed by atoms with van der Waals surface area (Å²) in [7, 11) is -3.79. The van der Waals surface area contributed by atoms with Crippen molar-refractivity contribution in [3.63, 3.8) is 0 Å². The van der Waals surface area contributed by atoms with Crippen molar-refractivity contribution in [2.24, 2.45) is 0 Å². The maximum Gasteiger partial charge on any atom is 0.268 e. The highest BCUT2D eigenvalue weighted by Gasteiger charge is 2.35. The number of anilines is 1. The number of halogens is 2. The Morgan fingerprint density at radius 2 is 1.94 bits per heavy atom. The lowest BCUT2D eigenvalue weighted by atomic mass is 10.2. The van der Waals surface area contributed by atoms with Gasteiger partial charge in [-0.1, -0.05) is 41.4 Å². The molecule has 10 heteroatoms. The summed E-state index contributed by atoms with van der Waals surface area (Å²) in [4.78, 5) is 0.170. The first kappa shape index (κ1) is 22.9. The maximum absolute atomic E-state index is 13.5. The molecule has 0 bridgehead atoms. The molecule has 2 aromatic carbocycles. The van der Waals surface area contributed by atoms with Crippen LogP contribution in [-0.2, 0) is 23.0 Å². The van der Waals surface area contributed by atoms with Crippen LogP contribution in [0.5, 0.6) is 5.75 Å². The number of sulfonamides is 1. The number of hydrogen-bond acceptors (Lipinski definition) is 5. The Bertz CT molecular complexity index is 1260. The first-order chi connectivity index (χ1) is 15.2. The quantitative estimate of drug-likeness (QED) is 0.535. The molecule has 0 fully saturated rings. The molecule has 0 amide bonds. The fraction of sp³-hybridized carbons (Fsp3) is 0.318. The number of aromatic nitrogens is 2. The molecule has 1 aliphatic rings. The second kappa shape index (κ2) is 8.94. The lowest BCUT2D eigenvalue weighted by molar-refractivity contribution is 0.0887. The lowest BCUT2D eigenvalue weighted by Gasteiger charge is -2.20. The SMILES string of the molecule is Cc1nn(CC(O)COc2ccc(Cl)cc2Cl)c(C)c1S(=O)(=O)N1CCc2ccccc21. The van der Waals surface area contributed by atoms with E-state index in [9.17, 15) is 13.5 Å². The summed E-state index contributed by atoms with van der Waals surface area (Å²) in [6, 6.07) is 12.3. The van der Waals surface area contributed by atoms with Crippen molar-refractivity contribution in [1.29, 1.82) is 0 Å². The topological polar surface area (TPSA) is 84.7 Å². The largest absolute Gasteiger partial charge is 0.489 e. The van der Waals surface area contributed by atoms with Gasteiger partial charge in [-0.05, 0) is 50.1 Å². The minimum absolute atomic E-state index is 0.0404. The van der Waals surface area contributed by atoms with Crippen molar-refractivity contribution in [2.75, 3.05) is 17.5 Å². The van der Waals surface area contributed by atoms with Crippen molar-refractivity contribution in [1.82, 2.24) is 9.78 Å². The van der Waals surface area contributed by atoms with Crippen LogP contribution in [0.2, 0.25) is 10.0 Å². The van der Waals surface area contributed by atoms with Crippen molar-refractivity contribution in [3.05, 3.63) is 69.5 Å². The molecule has 1 aliphatic heterocycles. The van der Waals surface area contributed by atoms with Gasteiger partial charge in [0.25, 0.3) is 10.0 Å². The molecule has 170 valence electrons. The molecule has 1 unspecified atom stereocenters. The van der Waals surface area contributed by atoms with Gasteiger partial charge in [0.1, 0.15) is 23.4 Å². The van der Waals surface area contributed by atoms with E-state index in [2.05, 4.69) is 5.10 Å². The van der Waals surface area contributed by atoms with Crippen molar-refractivity contribution in [3.8, 4) is 5.75 Å². The fourth-order valence-corrected chi connectivity index (χ4v) is 6.27. The van der Waals surface area contributed by atoms with Gasteiger partial charge in [-0.2, -0.15) is 5.10 Å². The first-order valence-corrected chi connectivity index (χ1v) is 12.3. The van der Waals surface area contributed by atoms with Crippen LogP contribution in [-0.4, -0.2) is 42.6 Å². The van der Waals surface area contributed by atoms with Crippen LogP contribution in [0.15, 0.2) is 47.4 Å². The number of ether oxygens (including phenoxy) is 1. The summed E-state index contributed by atoms with van der Waals surface area (Å²) >= 11 is 12.0. The molecule has 1 N–H and O–H groups in total. The molecule has 1 atom stereocenters. The van der Waals surface area contributed by atoms with E-state index in [1.165, 1.54) is 8.99 Å². The predicted molar refractivity (Wildman–Crippen MR) is 124 cm³/mol. The molecule has 0 aliphatic carbocycles. The van der Waals surface area contributed by atoms with E-state index in [1.54, 1.807) is 32.0 Å². The average Bonchev–Trinajstić information content (AvgIpc) is 3.29. The summed E-state index contributed by atoms with van der Waals surface area (Å²) in [5.41, 5.74) is 2.57. The van der Waals surface area contributed by atoms with Crippen LogP contribution in [0.3, 0.4) is 0 Å². The Morgan fingerprint density at radius 1 is 1.19 bits per heavy atom. The van der Waals surface area contributed by atoms with Gasteiger partial charge >= 0.3 is 0 Å². The molecule has 0 spiro atoms. The van der Waals surface area contributed by atoms with Crippen molar-refractivity contribution in [2.45, 2.75) is 37.8 Å². The number of rotatable bonds is 7. The second-order valence-electron chi connectivity index (χ2n) is 7.68. The van der Waals surface area contributed by atoms with Crippen molar-refractivity contribution >= 4 is 38.9 Å². The van der Waals surface area contributed by atoms with Crippen molar-refractivity contribution < 1.29 is 18.3 Å². The highest BCUT2D eigenvalue weighted by atomic mass is 35.5. The van der Waals surface area contributed by atoms with Gasteiger partial charge in [-0.25, -0.2) is 8.42 Å². The molecule has 32 heavy (non-hydrogen) atoms. The third-order valence-corrected chi connectivity index (χ3v) is 8.01. The zero-order chi connectivity index (χ0) is 23.0. The van der Waals surface area contributed by atoms with E-state index >= 15 is 0 Å². The number of aryl methyl sites for hydroxylation is 1. The number of nitrogens with zero attached hydrogens (tertiary/aromatic N) is 3.